The predicted octanol–water partition coefficient (Wildman–Crippen LogP) is 1.78. The standard InChI is InChI=1S/C11H18N2O2S/c1-4-10(12)9-5-6-11(8(2)7-9)13-16(3,14)15/h5-7,10,13H,4,12H2,1-3H3. The van der Waals surface area contributed by atoms with Crippen LogP contribution in [0, 0.1) is 6.92 Å². The van der Waals surface area contributed by atoms with Crippen molar-refractivity contribution >= 4 is 15.7 Å². The number of benzene rings is 1. The largest absolute Gasteiger partial charge is 0.324 e. The SMILES string of the molecule is CCC(N)c1ccc(NS(C)(=O)=O)c(C)c1. The van der Waals surface area contributed by atoms with Gasteiger partial charge in [-0.2, -0.15) is 0 Å². The maximum atomic E-state index is 11.1. The highest BCUT2D eigenvalue weighted by Crippen LogP contribution is 2.21. The van der Waals surface area contributed by atoms with E-state index >= 15 is 0 Å². The molecule has 0 heterocycles. The van der Waals surface area contributed by atoms with E-state index in [1.165, 1.54) is 0 Å². The summed E-state index contributed by atoms with van der Waals surface area (Å²) < 4.78 is 24.6. The van der Waals surface area contributed by atoms with Crippen LogP contribution in [0.15, 0.2) is 18.2 Å². The molecular formula is C11H18N2O2S. The fourth-order valence-corrected chi connectivity index (χ4v) is 2.10. The molecule has 0 aliphatic heterocycles. The third-order valence-electron chi connectivity index (χ3n) is 2.41. The van der Waals surface area contributed by atoms with Gasteiger partial charge in [0.25, 0.3) is 0 Å². The minimum Gasteiger partial charge on any atom is -0.324 e. The summed E-state index contributed by atoms with van der Waals surface area (Å²) in [5.74, 6) is 0. The van der Waals surface area contributed by atoms with Crippen LogP contribution in [-0.4, -0.2) is 14.7 Å². The smallest absolute Gasteiger partial charge is 0.229 e. The first kappa shape index (κ1) is 13.0. The topological polar surface area (TPSA) is 72.2 Å². The lowest BCUT2D eigenvalue weighted by Gasteiger charge is -2.13. The molecule has 90 valence electrons. The van der Waals surface area contributed by atoms with E-state index in [1.807, 2.05) is 26.0 Å². The molecule has 1 aromatic carbocycles. The molecule has 0 spiro atoms. The van der Waals surface area contributed by atoms with Crippen molar-refractivity contribution in [3.05, 3.63) is 29.3 Å². The van der Waals surface area contributed by atoms with Crippen LogP contribution in [0.3, 0.4) is 0 Å². The van der Waals surface area contributed by atoms with E-state index in [1.54, 1.807) is 6.07 Å². The molecule has 16 heavy (non-hydrogen) atoms. The van der Waals surface area contributed by atoms with E-state index in [-0.39, 0.29) is 6.04 Å². The van der Waals surface area contributed by atoms with Gasteiger partial charge in [0.1, 0.15) is 0 Å². The minimum absolute atomic E-state index is 0.00554. The van der Waals surface area contributed by atoms with E-state index in [9.17, 15) is 8.42 Å². The Labute approximate surface area is 96.9 Å². The van der Waals surface area contributed by atoms with Crippen molar-refractivity contribution in [1.82, 2.24) is 0 Å². The van der Waals surface area contributed by atoms with Crippen LogP contribution in [0.25, 0.3) is 0 Å². The highest BCUT2D eigenvalue weighted by Gasteiger charge is 2.08. The molecule has 0 fully saturated rings. The number of nitrogens with two attached hydrogens (primary N) is 1. The van der Waals surface area contributed by atoms with Crippen LogP contribution in [0.5, 0.6) is 0 Å². The number of hydrogen-bond donors (Lipinski definition) is 2. The average molecular weight is 242 g/mol. The van der Waals surface area contributed by atoms with Gasteiger partial charge < -0.3 is 5.73 Å². The summed E-state index contributed by atoms with van der Waals surface area (Å²) in [6.45, 7) is 3.88. The molecule has 0 aromatic heterocycles. The maximum absolute atomic E-state index is 11.1. The number of anilines is 1. The zero-order valence-corrected chi connectivity index (χ0v) is 10.6. The molecule has 1 aromatic rings. The van der Waals surface area contributed by atoms with Crippen LogP contribution >= 0.6 is 0 Å². The molecule has 0 saturated heterocycles. The summed E-state index contributed by atoms with van der Waals surface area (Å²) in [5.41, 5.74) is 8.42. The Morgan fingerprint density at radius 2 is 2.06 bits per heavy atom. The number of hydrogen-bond acceptors (Lipinski definition) is 3. The Kier molecular flexibility index (Phi) is 3.93. The lowest BCUT2D eigenvalue weighted by Crippen LogP contribution is -2.12. The Hall–Kier alpha value is -1.07. The molecule has 4 nitrogen and oxygen atoms in total. The van der Waals surface area contributed by atoms with Crippen LogP contribution in [0.1, 0.15) is 30.5 Å². The molecule has 0 aliphatic carbocycles. The molecule has 0 amide bonds. The van der Waals surface area contributed by atoms with Gasteiger partial charge in [-0.05, 0) is 30.5 Å². The van der Waals surface area contributed by atoms with Crippen LogP contribution in [0.2, 0.25) is 0 Å². The van der Waals surface area contributed by atoms with Crippen molar-refractivity contribution in [3.8, 4) is 0 Å². The Morgan fingerprint density at radius 3 is 2.50 bits per heavy atom. The Morgan fingerprint density at radius 1 is 1.44 bits per heavy atom. The average Bonchev–Trinajstić information content (AvgIpc) is 2.18. The number of nitrogens with one attached hydrogen (secondary N) is 1. The van der Waals surface area contributed by atoms with Crippen molar-refractivity contribution in [3.63, 3.8) is 0 Å². The summed E-state index contributed by atoms with van der Waals surface area (Å²) in [7, 11) is -3.22. The second kappa shape index (κ2) is 4.84. The zero-order chi connectivity index (χ0) is 12.3. The number of aryl methyl sites for hydroxylation is 1. The Balaban J connectivity index is 3.01. The second-order valence-electron chi connectivity index (χ2n) is 3.96. The summed E-state index contributed by atoms with van der Waals surface area (Å²) in [4.78, 5) is 0. The highest BCUT2D eigenvalue weighted by atomic mass is 32.2. The molecule has 1 atom stereocenters. The van der Waals surface area contributed by atoms with Crippen molar-refractivity contribution < 1.29 is 8.42 Å². The summed E-state index contributed by atoms with van der Waals surface area (Å²) >= 11 is 0. The third kappa shape index (κ3) is 3.50. The van der Waals surface area contributed by atoms with Crippen molar-refractivity contribution in [2.24, 2.45) is 5.73 Å². The Bertz CT molecular complexity index is 469. The fraction of sp³-hybridized carbons (Fsp3) is 0.455. The van der Waals surface area contributed by atoms with Gasteiger partial charge in [0.15, 0.2) is 0 Å². The van der Waals surface area contributed by atoms with Gasteiger partial charge in [0.2, 0.25) is 10.0 Å². The first-order valence-corrected chi connectivity index (χ1v) is 7.06. The molecule has 0 aliphatic rings. The van der Waals surface area contributed by atoms with Crippen molar-refractivity contribution in [2.75, 3.05) is 11.0 Å². The lowest BCUT2D eigenvalue weighted by molar-refractivity contribution is 0.606. The normalized spacial score (nSPS) is 13.5. The van der Waals surface area contributed by atoms with E-state index in [2.05, 4.69) is 4.72 Å². The van der Waals surface area contributed by atoms with Gasteiger partial charge in [-0.25, -0.2) is 8.42 Å². The molecule has 0 radical (unpaired) electrons. The van der Waals surface area contributed by atoms with Crippen LogP contribution < -0.4 is 10.5 Å². The molecular weight excluding hydrogens is 224 g/mol. The fourth-order valence-electron chi connectivity index (χ4n) is 1.47. The summed E-state index contributed by atoms with van der Waals surface area (Å²) in [5, 5.41) is 0. The lowest BCUT2D eigenvalue weighted by atomic mass is 10.0. The summed E-state index contributed by atoms with van der Waals surface area (Å²) in [6, 6.07) is 5.53. The van der Waals surface area contributed by atoms with E-state index < -0.39 is 10.0 Å². The molecule has 5 heteroatoms. The maximum Gasteiger partial charge on any atom is 0.229 e. The highest BCUT2D eigenvalue weighted by molar-refractivity contribution is 7.92. The molecule has 1 unspecified atom stereocenters. The molecule has 0 bridgehead atoms. The number of sulfonamides is 1. The van der Waals surface area contributed by atoms with Gasteiger partial charge >= 0.3 is 0 Å². The van der Waals surface area contributed by atoms with Crippen molar-refractivity contribution in [2.45, 2.75) is 26.3 Å². The predicted molar refractivity (Wildman–Crippen MR) is 66.9 cm³/mol. The summed E-state index contributed by atoms with van der Waals surface area (Å²) in [6.07, 6.45) is 2.00. The van der Waals surface area contributed by atoms with E-state index in [4.69, 9.17) is 5.73 Å². The molecule has 1 rings (SSSR count). The van der Waals surface area contributed by atoms with Gasteiger partial charge in [0.05, 0.1) is 11.9 Å². The first-order valence-electron chi connectivity index (χ1n) is 5.17. The van der Waals surface area contributed by atoms with Gasteiger partial charge in [0, 0.05) is 6.04 Å². The zero-order valence-electron chi connectivity index (χ0n) is 9.82. The third-order valence-corrected chi connectivity index (χ3v) is 3.00. The van der Waals surface area contributed by atoms with Crippen LogP contribution in [-0.2, 0) is 10.0 Å². The van der Waals surface area contributed by atoms with Gasteiger partial charge in [-0.15, -0.1) is 0 Å². The molecule has 3 N–H and O–H groups in total. The van der Waals surface area contributed by atoms with Gasteiger partial charge in [-0.3, -0.25) is 4.72 Å². The first-order chi connectivity index (χ1) is 7.33. The minimum atomic E-state index is -3.22. The van der Waals surface area contributed by atoms with E-state index in [0.717, 1.165) is 23.8 Å². The molecule has 0 saturated carbocycles. The van der Waals surface area contributed by atoms with Crippen molar-refractivity contribution in [1.29, 1.82) is 0 Å². The number of rotatable bonds is 4. The quantitative estimate of drug-likeness (QED) is 0.845. The second-order valence-corrected chi connectivity index (χ2v) is 5.71. The van der Waals surface area contributed by atoms with E-state index in [0.29, 0.717) is 5.69 Å². The van der Waals surface area contributed by atoms with Crippen LogP contribution in [0.4, 0.5) is 5.69 Å². The van der Waals surface area contributed by atoms with Gasteiger partial charge in [-0.1, -0.05) is 19.1 Å². The monoisotopic (exact) mass is 242 g/mol.